The Labute approximate surface area is 221 Å². The van der Waals surface area contributed by atoms with Crippen molar-refractivity contribution < 1.29 is 14.6 Å². The second-order valence-corrected chi connectivity index (χ2v) is 11.5. The minimum atomic E-state index is -0.182. The van der Waals surface area contributed by atoms with Gasteiger partial charge in [0.05, 0.1) is 42.7 Å². The van der Waals surface area contributed by atoms with Crippen molar-refractivity contribution in [3.63, 3.8) is 0 Å². The van der Waals surface area contributed by atoms with Crippen LogP contribution in [0.1, 0.15) is 38.1 Å². The molecule has 2 aromatic rings. The van der Waals surface area contributed by atoms with Gasteiger partial charge in [-0.1, -0.05) is 23.4 Å². The summed E-state index contributed by atoms with van der Waals surface area (Å²) in [6, 6.07) is 1.95. The average molecular weight is 535 g/mol. The predicted molar refractivity (Wildman–Crippen MR) is 141 cm³/mol. The van der Waals surface area contributed by atoms with Crippen molar-refractivity contribution in [2.45, 2.75) is 68.4 Å². The monoisotopic (exact) mass is 534 g/mol. The number of nitrogens with two attached hydrogens (primary N) is 1. The molecule has 0 aromatic carbocycles. The van der Waals surface area contributed by atoms with Gasteiger partial charge in [0, 0.05) is 48.7 Å². The van der Waals surface area contributed by atoms with E-state index in [9.17, 15) is 5.11 Å². The van der Waals surface area contributed by atoms with Crippen molar-refractivity contribution in [3.05, 3.63) is 28.7 Å². The molecule has 0 unspecified atom stereocenters. The second kappa shape index (κ2) is 10.6. The first-order chi connectivity index (χ1) is 17.3. The number of morpholine rings is 1. The molecule has 3 atom stereocenters. The quantitative estimate of drug-likeness (QED) is 0.593. The van der Waals surface area contributed by atoms with Crippen LogP contribution in [0.5, 0.6) is 0 Å². The van der Waals surface area contributed by atoms with E-state index in [4.69, 9.17) is 36.8 Å². The number of piperidine rings is 1. The van der Waals surface area contributed by atoms with Gasteiger partial charge in [-0.15, -0.1) is 0 Å². The molecule has 11 heteroatoms. The maximum Gasteiger partial charge on any atom is 0.153 e. The molecule has 2 aromatic heterocycles. The van der Waals surface area contributed by atoms with Gasteiger partial charge in [-0.25, -0.2) is 15.0 Å². The highest BCUT2D eigenvalue weighted by molar-refractivity contribution is 7.99. The molecule has 1 spiro atoms. The SMILES string of the molecule is Cc1nc(N2CCC3(CC2)CO[C@@H](C)[C@H]3N)c(CO)nc1Sc1ccnc(N2CCO[C@@H](C)C2)c1Cl. The number of hydrogen-bond donors (Lipinski definition) is 2. The summed E-state index contributed by atoms with van der Waals surface area (Å²) in [6.45, 7) is 10.4. The topological polar surface area (TPSA) is 110 Å². The molecule has 3 aliphatic rings. The van der Waals surface area contributed by atoms with E-state index in [1.807, 2.05) is 19.9 Å². The standard InChI is InChI=1S/C25H35ClN6O3S/c1-15-12-32(10-11-34-15)23-20(26)19(4-7-28-23)36-24-16(2)29-22(18(13-33)30-24)31-8-5-25(6-9-31)14-35-17(3)21(25)27/h4,7,15,17,21,33H,5-6,8-14,27H2,1-3H3/t15-,17-,21+/m0/s1. The third-order valence-corrected chi connectivity index (χ3v) is 9.34. The lowest BCUT2D eigenvalue weighted by atomic mass is 9.73. The largest absolute Gasteiger partial charge is 0.390 e. The van der Waals surface area contributed by atoms with Crippen molar-refractivity contribution in [3.8, 4) is 0 Å². The Hall–Kier alpha value is -1.69. The summed E-state index contributed by atoms with van der Waals surface area (Å²) in [5.41, 5.74) is 7.89. The van der Waals surface area contributed by atoms with Gasteiger partial charge >= 0.3 is 0 Å². The van der Waals surface area contributed by atoms with Gasteiger partial charge in [-0.2, -0.15) is 0 Å². The highest BCUT2D eigenvalue weighted by atomic mass is 35.5. The molecule has 0 radical (unpaired) electrons. The lowest BCUT2D eigenvalue weighted by molar-refractivity contribution is 0.0529. The van der Waals surface area contributed by atoms with Crippen LogP contribution in [0.15, 0.2) is 22.2 Å². The number of aliphatic hydroxyl groups excluding tert-OH is 1. The zero-order valence-corrected chi connectivity index (χ0v) is 22.7. The fraction of sp³-hybridized carbons (Fsp3) is 0.640. The number of anilines is 2. The summed E-state index contributed by atoms with van der Waals surface area (Å²) < 4.78 is 11.5. The number of rotatable bonds is 5. The van der Waals surface area contributed by atoms with Crippen LogP contribution >= 0.6 is 23.4 Å². The number of aryl methyl sites for hydroxylation is 1. The number of ether oxygens (including phenoxy) is 2. The van der Waals surface area contributed by atoms with E-state index in [1.165, 1.54) is 11.8 Å². The summed E-state index contributed by atoms with van der Waals surface area (Å²) in [5, 5.41) is 11.5. The van der Waals surface area contributed by atoms with E-state index in [0.717, 1.165) is 66.3 Å². The molecule has 36 heavy (non-hydrogen) atoms. The molecule has 3 saturated heterocycles. The Morgan fingerprint density at radius 3 is 2.61 bits per heavy atom. The van der Waals surface area contributed by atoms with Crippen molar-refractivity contribution >= 4 is 35.0 Å². The van der Waals surface area contributed by atoms with Gasteiger partial charge in [0.2, 0.25) is 0 Å². The molecule has 196 valence electrons. The fourth-order valence-corrected chi connectivity index (χ4v) is 6.66. The number of aromatic nitrogens is 3. The molecule has 3 aliphatic heterocycles. The van der Waals surface area contributed by atoms with Crippen LogP contribution in [0.4, 0.5) is 11.6 Å². The van der Waals surface area contributed by atoms with Gasteiger partial charge in [-0.3, -0.25) is 0 Å². The number of pyridine rings is 1. The smallest absolute Gasteiger partial charge is 0.153 e. The first-order valence-electron chi connectivity index (χ1n) is 12.6. The first kappa shape index (κ1) is 25.9. The summed E-state index contributed by atoms with van der Waals surface area (Å²) >= 11 is 8.26. The zero-order valence-electron chi connectivity index (χ0n) is 21.1. The normalized spacial score (nSPS) is 26.1. The molecular formula is C25H35ClN6O3S. The molecule has 0 saturated carbocycles. The molecule has 0 amide bonds. The minimum Gasteiger partial charge on any atom is -0.390 e. The summed E-state index contributed by atoms with van der Waals surface area (Å²) in [6.07, 6.45) is 3.88. The van der Waals surface area contributed by atoms with Gasteiger partial charge in [0.15, 0.2) is 5.82 Å². The second-order valence-electron chi connectivity index (χ2n) is 10.1. The fourth-order valence-electron chi connectivity index (χ4n) is 5.45. The predicted octanol–water partition coefficient (Wildman–Crippen LogP) is 3.03. The Balaban J connectivity index is 1.34. The van der Waals surface area contributed by atoms with Crippen LogP contribution in [-0.2, 0) is 16.1 Å². The van der Waals surface area contributed by atoms with Crippen LogP contribution < -0.4 is 15.5 Å². The number of nitrogens with zero attached hydrogens (tertiary/aromatic N) is 5. The third-order valence-electron chi connectivity index (χ3n) is 7.72. The Morgan fingerprint density at radius 1 is 1.17 bits per heavy atom. The van der Waals surface area contributed by atoms with Crippen LogP contribution in [0.2, 0.25) is 5.02 Å². The molecule has 0 bridgehead atoms. The number of halogens is 1. The molecule has 5 heterocycles. The van der Waals surface area contributed by atoms with Crippen LogP contribution in [0.3, 0.4) is 0 Å². The van der Waals surface area contributed by atoms with E-state index >= 15 is 0 Å². The van der Waals surface area contributed by atoms with Crippen molar-refractivity contribution in [1.82, 2.24) is 15.0 Å². The van der Waals surface area contributed by atoms with Crippen molar-refractivity contribution in [2.24, 2.45) is 11.1 Å². The molecular weight excluding hydrogens is 500 g/mol. The van der Waals surface area contributed by atoms with E-state index in [1.54, 1.807) is 6.20 Å². The lowest BCUT2D eigenvalue weighted by Crippen LogP contribution is -2.51. The highest BCUT2D eigenvalue weighted by Gasteiger charge is 2.47. The van der Waals surface area contributed by atoms with Crippen molar-refractivity contribution in [2.75, 3.05) is 49.2 Å². The van der Waals surface area contributed by atoms with Crippen LogP contribution in [0.25, 0.3) is 0 Å². The molecule has 9 nitrogen and oxygen atoms in total. The lowest BCUT2D eigenvalue weighted by Gasteiger charge is -2.42. The zero-order chi connectivity index (χ0) is 25.4. The van der Waals surface area contributed by atoms with Crippen molar-refractivity contribution in [1.29, 1.82) is 0 Å². The van der Waals surface area contributed by atoms with Crippen LogP contribution in [0, 0.1) is 12.3 Å². The highest BCUT2D eigenvalue weighted by Crippen LogP contribution is 2.43. The molecule has 3 fully saturated rings. The van der Waals surface area contributed by atoms with Gasteiger partial charge in [-0.05, 0) is 39.7 Å². The number of aliphatic hydroxyl groups is 1. The minimum absolute atomic E-state index is 0.0294. The molecule has 0 aliphatic carbocycles. The summed E-state index contributed by atoms with van der Waals surface area (Å²) in [4.78, 5) is 19.5. The molecule has 3 N–H and O–H groups in total. The van der Waals surface area contributed by atoms with Gasteiger partial charge in [0.1, 0.15) is 16.5 Å². The van der Waals surface area contributed by atoms with Gasteiger partial charge < -0.3 is 30.1 Å². The van der Waals surface area contributed by atoms with E-state index in [-0.39, 0.29) is 30.3 Å². The Bertz CT molecular complexity index is 1100. The Morgan fingerprint density at radius 2 is 1.94 bits per heavy atom. The van der Waals surface area contributed by atoms with E-state index in [2.05, 4.69) is 21.7 Å². The maximum atomic E-state index is 10.2. The molecule has 5 rings (SSSR count). The summed E-state index contributed by atoms with van der Waals surface area (Å²) in [5.74, 6) is 1.51. The summed E-state index contributed by atoms with van der Waals surface area (Å²) in [7, 11) is 0. The maximum absolute atomic E-state index is 10.2. The van der Waals surface area contributed by atoms with E-state index in [0.29, 0.717) is 23.9 Å². The van der Waals surface area contributed by atoms with Gasteiger partial charge in [0.25, 0.3) is 0 Å². The number of hydrogen-bond acceptors (Lipinski definition) is 10. The Kier molecular flexibility index (Phi) is 7.63. The van der Waals surface area contributed by atoms with E-state index < -0.39 is 0 Å². The third kappa shape index (κ3) is 4.91. The average Bonchev–Trinajstić information content (AvgIpc) is 3.15. The first-order valence-corrected chi connectivity index (χ1v) is 13.8. The van der Waals surface area contributed by atoms with Crippen LogP contribution in [-0.4, -0.2) is 77.7 Å².